The number of ether oxygens (including phenoxy) is 2. The third-order valence-corrected chi connectivity index (χ3v) is 4.91. The van der Waals surface area contributed by atoms with Crippen molar-refractivity contribution in [2.24, 2.45) is 0 Å². The molecule has 0 aliphatic heterocycles. The summed E-state index contributed by atoms with van der Waals surface area (Å²) in [7, 11) is 0. The molecule has 0 aliphatic rings. The highest BCUT2D eigenvalue weighted by molar-refractivity contribution is 6.30. The van der Waals surface area contributed by atoms with Crippen molar-refractivity contribution in [3.63, 3.8) is 0 Å². The summed E-state index contributed by atoms with van der Waals surface area (Å²) in [5.41, 5.74) is 1.44. The zero-order valence-corrected chi connectivity index (χ0v) is 17.8. The maximum absolute atomic E-state index is 12.1. The first-order valence-corrected chi connectivity index (χ1v) is 10.3. The zero-order chi connectivity index (χ0) is 20.5. The van der Waals surface area contributed by atoms with E-state index in [1.54, 1.807) is 48.5 Å². The summed E-state index contributed by atoms with van der Waals surface area (Å²) in [5, 5.41) is 1.14. The molecule has 0 saturated heterocycles. The van der Waals surface area contributed by atoms with Crippen molar-refractivity contribution in [2.45, 2.75) is 25.0 Å². The maximum atomic E-state index is 12.1. The normalized spacial score (nSPS) is 12.9. The number of carbonyl (C=O) groups excluding carboxylic acids is 2. The summed E-state index contributed by atoms with van der Waals surface area (Å²) < 4.78 is 10.7. The molecular weight excluding hydrogens is 446 g/mol. The van der Waals surface area contributed by atoms with Crippen LogP contribution in [0.4, 0.5) is 0 Å². The van der Waals surface area contributed by atoms with Crippen LogP contribution in [0, 0.1) is 0 Å². The topological polar surface area (TPSA) is 52.6 Å². The quantitative estimate of drug-likeness (QED) is 0.332. The van der Waals surface area contributed by atoms with Crippen molar-refractivity contribution in [3.05, 3.63) is 69.7 Å². The minimum absolute atomic E-state index is 0.0860. The maximum Gasteiger partial charge on any atom is 0.307 e. The highest BCUT2D eigenvalue weighted by atomic mass is 35.5. The van der Waals surface area contributed by atoms with Gasteiger partial charge in [-0.15, -0.1) is 23.2 Å². The molecule has 0 N–H and O–H groups in total. The first kappa shape index (κ1) is 22.8. The molecular formula is C20H18Cl4O4. The molecule has 2 rings (SSSR count). The van der Waals surface area contributed by atoms with Gasteiger partial charge in [0, 0.05) is 10.0 Å². The van der Waals surface area contributed by atoms with E-state index in [-0.39, 0.29) is 24.6 Å². The summed E-state index contributed by atoms with van der Waals surface area (Å²) in [6.45, 7) is 0. The summed E-state index contributed by atoms with van der Waals surface area (Å²) in [5.74, 6) is -0.927. The number of hydrogen-bond acceptors (Lipinski definition) is 4. The molecule has 2 aromatic carbocycles. The Kier molecular flexibility index (Phi) is 9.39. The Morgan fingerprint density at radius 3 is 1.29 bits per heavy atom. The highest BCUT2D eigenvalue weighted by Gasteiger charge is 2.20. The second-order valence-corrected chi connectivity index (χ2v) is 7.36. The van der Waals surface area contributed by atoms with E-state index in [1.807, 2.05) is 0 Å². The molecule has 0 aliphatic carbocycles. The summed E-state index contributed by atoms with van der Waals surface area (Å²) in [6.07, 6.45) is -1.50. The number of benzene rings is 2. The Morgan fingerprint density at radius 1 is 0.679 bits per heavy atom. The molecule has 0 spiro atoms. The van der Waals surface area contributed by atoms with E-state index in [0.717, 1.165) is 11.1 Å². The molecule has 2 atom stereocenters. The molecule has 0 bridgehead atoms. The van der Waals surface area contributed by atoms with Crippen molar-refractivity contribution in [1.29, 1.82) is 0 Å². The van der Waals surface area contributed by atoms with Gasteiger partial charge in [0.2, 0.25) is 0 Å². The van der Waals surface area contributed by atoms with Crippen LogP contribution >= 0.6 is 46.4 Å². The van der Waals surface area contributed by atoms with E-state index < -0.39 is 24.1 Å². The van der Waals surface area contributed by atoms with Gasteiger partial charge in [-0.2, -0.15) is 0 Å². The van der Waals surface area contributed by atoms with Crippen molar-refractivity contribution in [1.82, 2.24) is 0 Å². The fourth-order valence-electron chi connectivity index (χ4n) is 2.37. The molecule has 0 aromatic heterocycles. The number of alkyl halides is 2. The van der Waals surface area contributed by atoms with Crippen LogP contribution in [-0.4, -0.2) is 23.7 Å². The van der Waals surface area contributed by atoms with E-state index in [4.69, 9.17) is 55.9 Å². The third kappa shape index (κ3) is 7.17. The van der Waals surface area contributed by atoms with E-state index in [1.165, 1.54) is 0 Å². The summed E-state index contributed by atoms with van der Waals surface area (Å²) in [6, 6.07) is 13.7. The second-order valence-electron chi connectivity index (χ2n) is 5.87. The van der Waals surface area contributed by atoms with Gasteiger partial charge in [-0.3, -0.25) is 9.59 Å². The number of carbonyl (C=O) groups is 2. The minimum Gasteiger partial charge on any atom is -0.456 e. The van der Waals surface area contributed by atoms with Crippen LogP contribution < -0.4 is 0 Å². The van der Waals surface area contributed by atoms with Crippen molar-refractivity contribution >= 4 is 58.3 Å². The van der Waals surface area contributed by atoms with Crippen LogP contribution in [-0.2, 0) is 19.1 Å². The average molecular weight is 464 g/mol. The third-order valence-electron chi connectivity index (χ3n) is 3.84. The Morgan fingerprint density at radius 2 is 1.00 bits per heavy atom. The van der Waals surface area contributed by atoms with E-state index >= 15 is 0 Å². The fourth-order valence-corrected chi connectivity index (χ4v) is 3.11. The number of esters is 2. The minimum atomic E-state index is -0.618. The monoisotopic (exact) mass is 462 g/mol. The molecule has 4 nitrogen and oxygen atoms in total. The smallest absolute Gasteiger partial charge is 0.307 e. The molecule has 2 unspecified atom stereocenters. The Hall–Kier alpha value is -1.46. The van der Waals surface area contributed by atoms with Crippen molar-refractivity contribution in [2.75, 3.05) is 11.8 Å². The molecule has 0 fully saturated rings. The number of rotatable bonds is 9. The van der Waals surface area contributed by atoms with Crippen molar-refractivity contribution in [3.8, 4) is 0 Å². The van der Waals surface area contributed by atoms with Gasteiger partial charge in [-0.1, -0.05) is 47.5 Å². The van der Waals surface area contributed by atoms with Crippen LogP contribution in [0.25, 0.3) is 0 Å². The van der Waals surface area contributed by atoms with Crippen LogP contribution in [0.5, 0.6) is 0 Å². The standard InChI is InChI=1S/C20H18Cl4O4/c21-11-17(13-1-5-15(23)6-2-13)27-19(25)9-10-20(26)28-18(12-22)14-3-7-16(24)8-4-14/h1-8,17-18H,9-12H2. The van der Waals surface area contributed by atoms with Gasteiger partial charge in [-0.05, 0) is 35.4 Å². The van der Waals surface area contributed by atoms with Crippen molar-refractivity contribution < 1.29 is 19.1 Å². The van der Waals surface area contributed by atoms with Crippen LogP contribution in [0.2, 0.25) is 10.0 Å². The molecule has 0 saturated carbocycles. The lowest BCUT2D eigenvalue weighted by molar-refractivity contribution is -0.155. The zero-order valence-electron chi connectivity index (χ0n) is 14.7. The Bertz CT molecular complexity index is 710. The SMILES string of the molecule is O=C(CCC(=O)OC(CCl)c1ccc(Cl)cc1)OC(CCl)c1ccc(Cl)cc1. The van der Waals surface area contributed by atoms with Gasteiger partial charge >= 0.3 is 11.9 Å². The van der Waals surface area contributed by atoms with Gasteiger partial charge in [0.15, 0.2) is 0 Å². The predicted octanol–water partition coefficient (Wildman–Crippen LogP) is 6.12. The molecule has 8 heteroatoms. The first-order chi connectivity index (χ1) is 13.4. The van der Waals surface area contributed by atoms with Crippen LogP contribution in [0.3, 0.4) is 0 Å². The average Bonchev–Trinajstić information content (AvgIpc) is 2.70. The molecule has 0 radical (unpaired) electrons. The van der Waals surface area contributed by atoms with Gasteiger partial charge in [0.05, 0.1) is 24.6 Å². The van der Waals surface area contributed by atoms with E-state index in [2.05, 4.69) is 0 Å². The second kappa shape index (κ2) is 11.5. The van der Waals surface area contributed by atoms with Gasteiger partial charge in [0.1, 0.15) is 12.2 Å². The molecule has 0 amide bonds. The Balaban J connectivity index is 1.84. The van der Waals surface area contributed by atoms with Gasteiger partial charge in [0.25, 0.3) is 0 Å². The lowest BCUT2D eigenvalue weighted by atomic mass is 10.1. The molecule has 0 heterocycles. The summed E-state index contributed by atoms with van der Waals surface area (Å²) in [4.78, 5) is 24.1. The lowest BCUT2D eigenvalue weighted by Gasteiger charge is -2.17. The number of halogens is 4. The van der Waals surface area contributed by atoms with Crippen LogP contribution in [0.15, 0.2) is 48.5 Å². The predicted molar refractivity (Wildman–Crippen MR) is 111 cm³/mol. The summed E-state index contributed by atoms with van der Waals surface area (Å²) >= 11 is 23.5. The van der Waals surface area contributed by atoms with E-state index in [9.17, 15) is 9.59 Å². The fraction of sp³-hybridized carbons (Fsp3) is 0.300. The Labute approximate surface area is 183 Å². The van der Waals surface area contributed by atoms with Crippen LogP contribution in [0.1, 0.15) is 36.2 Å². The molecule has 28 heavy (non-hydrogen) atoms. The largest absolute Gasteiger partial charge is 0.456 e. The highest BCUT2D eigenvalue weighted by Crippen LogP contribution is 2.24. The first-order valence-electron chi connectivity index (χ1n) is 8.44. The number of hydrogen-bond donors (Lipinski definition) is 0. The van der Waals surface area contributed by atoms with Gasteiger partial charge < -0.3 is 9.47 Å². The van der Waals surface area contributed by atoms with Gasteiger partial charge in [-0.25, -0.2) is 0 Å². The van der Waals surface area contributed by atoms with E-state index in [0.29, 0.717) is 10.0 Å². The molecule has 150 valence electrons. The molecule has 2 aromatic rings. The lowest BCUT2D eigenvalue weighted by Crippen LogP contribution is -2.17.